The molecule has 0 aliphatic heterocycles. The van der Waals surface area contributed by atoms with E-state index in [4.69, 9.17) is 11.6 Å². The molecule has 1 aromatic heterocycles. The zero-order chi connectivity index (χ0) is 18.5. The first-order chi connectivity index (χ1) is 12.6. The van der Waals surface area contributed by atoms with Gasteiger partial charge in [0, 0.05) is 28.6 Å². The quantitative estimate of drug-likeness (QED) is 0.227. The van der Waals surface area contributed by atoms with Gasteiger partial charge in [0.2, 0.25) is 0 Å². The number of hydrogen-bond donors (Lipinski definition) is 1. The number of halogens is 2. The molecule has 3 aromatic rings. The maximum absolute atomic E-state index is 9.64. The predicted molar refractivity (Wildman–Crippen MR) is 109 cm³/mol. The Bertz CT molecular complexity index is 925. The highest BCUT2D eigenvalue weighted by Gasteiger charge is 2.20. The Morgan fingerprint density at radius 2 is 1.88 bits per heavy atom. The molecule has 1 atom stereocenters. The van der Waals surface area contributed by atoms with Crippen molar-refractivity contribution in [3.05, 3.63) is 98.7 Å². The van der Waals surface area contributed by atoms with Crippen LogP contribution in [-0.4, -0.2) is 15.9 Å². The van der Waals surface area contributed by atoms with Crippen molar-refractivity contribution >= 4 is 33.2 Å². The Balaban J connectivity index is 2.03. The van der Waals surface area contributed by atoms with Crippen molar-refractivity contribution in [3.63, 3.8) is 0 Å². The van der Waals surface area contributed by atoms with E-state index in [9.17, 15) is 5.21 Å². The number of aryl methyl sites for hydroxylation is 1. The Morgan fingerprint density at radius 1 is 1.15 bits per heavy atom. The Hall–Kier alpha value is -2.17. The van der Waals surface area contributed by atoms with Gasteiger partial charge in [-0.3, -0.25) is 0 Å². The van der Waals surface area contributed by atoms with Gasteiger partial charge in [0.05, 0.1) is 5.71 Å². The highest BCUT2D eigenvalue weighted by Crippen LogP contribution is 2.32. The molecule has 0 spiro atoms. The molecule has 0 aliphatic rings. The van der Waals surface area contributed by atoms with Gasteiger partial charge in [0.1, 0.15) is 5.15 Å². The number of rotatable bonds is 5. The number of oxime groups is 1. The number of pyridine rings is 1. The average Bonchev–Trinajstić information content (AvgIpc) is 2.65. The molecule has 26 heavy (non-hydrogen) atoms. The second-order valence-electron chi connectivity index (χ2n) is 6.08. The summed E-state index contributed by atoms with van der Waals surface area (Å²) in [6.45, 7) is 2.10. The molecule has 1 heterocycles. The van der Waals surface area contributed by atoms with Crippen molar-refractivity contribution in [3.8, 4) is 0 Å². The summed E-state index contributed by atoms with van der Waals surface area (Å²) in [5, 5.41) is 13.6. The zero-order valence-electron chi connectivity index (χ0n) is 14.2. The summed E-state index contributed by atoms with van der Waals surface area (Å²) in [6.07, 6.45) is 2.16. The Labute approximate surface area is 166 Å². The van der Waals surface area contributed by atoms with Crippen molar-refractivity contribution in [1.82, 2.24) is 4.98 Å². The van der Waals surface area contributed by atoms with Crippen LogP contribution < -0.4 is 0 Å². The van der Waals surface area contributed by atoms with Gasteiger partial charge in [-0.1, -0.05) is 69.1 Å². The summed E-state index contributed by atoms with van der Waals surface area (Å²) in [7, 11) is 0. The van der Waals surface area contributed by atoms with E-state index in [1.807, 2.05) is 24.3 Å². The minimum atomic E-state index is 0.0575. The lowest BCUT2D eigenvalue weighted by Gasteiger charge is -2.21. The van der Waals surface area contributed by atoms with Gasteiger partial charge in [-0.15, -0.1) is 0 Å². The fourth-order valence-electron chi connectivity index (χ4n) is 3.07. The van der Waals surface area contributed by atoms with Gasteiger partial charge < -0.3 is 5.21 Å². The predicted octanol–water partition coefficient (Wildman–Crippen LogP) is 6.21. The maximum Gasteiger partial charge on any atom is 0.129 e. The first-order valence-corrected chi connectivity index (χ1v) is 9.39. The second-order valence-corrected chi connectivity index (χ2v) is 7.38. The van der Waals surface area contributed by atoms with E-state index < -0.39 is 0 Å². The third kappa shape index (κ3) is 4.32. The van der Waals surface area contributed by atoms with Crippen molar-refractivity contribution < 1.29 is 5.21 Å². The summed E-state index contributed by atoms with van der Waals surface area (Å²) in [5.74, 6) is 0.0575. The van der Waals surface area contributed by atoms with Gasteiger partial charge in [0.15, 0.2) is 0 Å². The van der Waals surface area contributed by atoms with Crippen molar-refractivity contribution in [2.75, 3.05) is 0 Å². The van der Waals surface area contributed by atoms with Crippen LogP contribution in [0.15, 0.2) is 76.5 Å². The average molecular weight is 430 g/mol. The zero-order valence-corrected chi connectivity index (χ0v) is 16.6. The fraction of sp³-hybridized carbons (Fsp3) is 0.143. The molecular weight excluding hydrogens is 412 g/mol. The fourth-order valence-corrected chi connectivity index (χ4v) is 3.51. The van der Waals surface area contributed by atoms with Gasteiger partial charge in [-0.25, -0.2) is 4.98 Å². The first kappa shape index (κ1) is 18.6. The topological polar surface area (TPSA) is 45.5 Å². The molecular formula is C21H18BrClN2O. The van der Waals surface area contributed by atoms with Crippen LogP contribution in [0, 0.1) is 6.92 Å². The van der Waals surface area contributed by atoms with Crippen LogP contribution in [0.1, 0.15) is 34.6 Å². The van der Waals surface area contributed by atoms with Crippen molar-refractivity contribution in [2.24, 2.45) is 5.16 Å². The van der Waals surface area contributed by atoms with Crippen molar-refractivity contribution in [1.29, 1.82) is 0 Å². The Kier molecular flexibility index (Phi) is 6.07. The smallest absolute Gasteiger partial charge is 0.129 e. The largest absolute Gasteiger partial charge is 0.411 e. The standard InChI is InChI=1S/C21H18BrClN2O/c1-14-4-2-3-5-18(14)19(15-6-8-17(22)9-7-15)13-20(25-26)16-10-11-24-21(23)12-16/h2-12,19,26H,13H2,1H3. The monoisotopic (exact) mass is 428 g/mol. The van der Waals surface area contributed by atoms with Gasteiger partial charge in [-0.2, -0.15) is 0 Å². The molecule has 5 heteroatoms. The molecule has 3 rings (SSSR count). The molecule has 0 bridgehead atoms. The van der Waals surface area contributed by atoms with Crippen LogP contribution in [0.3, 0.4) is 0 Å². The molecule has 0 amide bonds. The van der Waals surface area contributed by atoms with E-state index in [0.29, 0.717) is 17.3 Å². The SMILES string of the molecule is Cc1ccccc1C(CC(=NO)c1ccnc(Cl)c1)c1ccc(Br)cc1. The molecule has 132 valence electrons. The Morgan fingerprint density at radius 3 is 2.54 bits per heavy atom. The van der Waals surface area contributed by atoms with E-state index in [1.165, 1.54) is 11.1 Å². The van der Waals surface area contributed by atoms with Gasteiger partial charge in [0.25, 0.3) is 0 Å². The van der Waals surface area contributed by atoms with Crippen LogP contribution >= 0.6 is 27.5 Å². The summed E-state index contributed by atoms with van der Waals surface area (Å²) in [4.78, 5) is 4.00. The number of aromatic nitrogens is 1. The summed E-state index contributed by atoms with van der Waals surface area (Å²) in [5.41, 5.74) is 4.90. The third-order valence-corrected chi connectivity index (χ3v) is 5.15. The molecule has 1 N–H and O–H groups in total. The van der Waals surface area contributed by atoms with E-state index in [1.54, 1.807) is 18.3 Å². The normalized spacial score (nSPS) is 12.8. The number of nitrogens with zero attached hydrogens (tertiary/aromatic N) is 2. The minimum absolute atomic E-state index is 0.0575. The third-order valence-electron chi connectivity index (χ3n) is 4.41. The number of benzene rings is 2. The number of hydrogen-bond acceptors (Lipinski definition) is 3. The van der Waals surface area contributed by atoms with Crippen LogP contribution in [0.4, 0.5) is 0 Å². The second kappa shape index (κ2) is 8.47. The molecule has 0 aliphatic carbocycles. The first-order valence-electron chi connectivity index (χ1n) is 8.22. The highest BCUT2D eigenvalue weighted by atomic mass is 79.9. The lowest BCUT2D eigenvalue weighted by molar-refractivity contribution is 0.317. The van der Waals surface area contributed by atoms with Crippen LogP contribution in [0.25, 0.3) is 0 Å². The molecule has 3 nitrogen and oxygen atoms in total. The maximum atomic E-state index is 9.64. The lowest BCUT2D eigenvalue weighted by Crippen LogP contribution is -2.11. The molecule has 0 radical (unpaired) electrons. The van der Waals surface area contributed by atoms with Crippen LogP contribution in [0.5, 0.6) is 0 Å². The van der Waals surface area contributed by atoms with Gasteiger partial charge >= 0.3 is 0 Å². The molecule has 0 saturated heterocycles. The van der Waals surface area contributed by atoms with E-state index >= 15 is 0 Å². The molecule has 1 unspecified atom stereocenters. The molecule has 0 saturated carbocycles. The summed E-state index contributed by atoms with van der Waals surface area (Å²) < 4.78 is 1.03. The van der Waals surface area contributed by atoms with Crippen LogP contribution in [-0.2, 0) is 0 Å². The van der Waals surface area contributed by atoms with E-state index in [2.05, 4.69) is 57.3 Å². The summed E-state index contributed by atoms with van der Waals surface area (Å²) in [6, 6.07) is 20.0. The lowest BCUT2D eigenvalue weighted by atomic mass is 9.83. The summed E-state index contributed by atoms with van der Waals surface area (Å²) >= 11 is 9.50. The van der Waals surface area contributed by atoms with E-state index in [0.717, 1.165) is 15.6 Å². The molecule has 0 fully saturated rings. The van der Waals surface area contributed by atoms with Crippen LogP contribution in [0.2, 0.25) is 5.15 Å². The van der Waals surface area contributed by atoms with Gasteiger partial charge in [-0.05, 0) is 47.9 Å². The van der Waals surface area contributed by atoms with Crippen molar-refractivity contribution in [2.45, 2.75) is 19.3 Å². The molecule has 2 aromatic carbocycles. The van der Waals surface area contributed by atoms with E-state index in [-0.39, 0.29) is 5.92 Å². The minimum Gasteiger partial charge on any atom is -0.411 e. The highest BCUT2D eigenvalue weighted by molar-refractivity contribution is 9.10.